The van der Waals surface area contributed by atoms with Gasteiger partial charge in [-0.2, -0.15) is 0 Å². The summed E-state index contributed by atoms with van der Waals surface area (Å²) in [5.41, 5.74) is 1.26. The predicted octanol–water partition coefficient (Wildman–Crippen LogP) is 1.48. The minimum absolute atomic E-state index is 0.281. The highest BCUT2D eigenvalue weighted by Crippen LogP contribution is 2.32. The van der Waals surface area contributed by atoms with Gasteiger partial charge in [0.1, 0.15) is 0 Å². The van der Waals surface area contributed by atoms with Crippen molar-refractivity contribution in [2.24, 2.45) is 7.05 Å². The summed E-state index contributed by atoms with van der Waals surface area (Å²) >= 11 is 0. The van der Waals surface area contributed by atoms with E-state index in [1.54, 1.807) is 29.1 Å². The zero-order valence-corrected chi connectivity index (χ0v) is 12.0. The van der Waals surface area contributed by atoms with Crippen molar-refractivity contribution in [2.45, 2.75) is 6.42 Å². The van der Waals surface area contributed by atoms with Crippen LogP contribution in [0.4, 0.5) is 0 Å². The molecule has 0 atom stereocenters. The standard InChI is InChI=1S/C15H14N4O3/c1-19-4-3-16-14(19)13-15(20)18-10-8-12-11(7-9(10)17-13)21-5-2-6-22-12/h3-4,7-8H,2,5-6H2,1H3,(H,18,20). The van der Waals surface area contributed by atoms with Gasteiger partial charge < -0.3 is 19.0 Å². The Morgan fingerprint density at radius 3 is 2.73 bits per heavy atom. The number of ether oxygens (including phenoxy) is 2. The molecule has 0 unspecified atom stereocenters. The van der Waals surface area contributed by atoms with E-state index >= 15 is 0 Å². The van der Waals surface area contributed by atoms with Gasteiger partial charge in [-0.3, -0.25) is 4.79 Å². The fourth-order valence-corrected chi connectivity index (χ4v) is 2.49. The van der Waals surface area contributed by atoms with E-state index in [1.165, 1.54) is 0 Å². The van der Waals surface area contributed by atoms with Crippen LogP contribution >= 0.6 is 0 Å². The molecule has 0 fully saturated rings. The van der Waals surface area contributed by atoms with Gasteiger partial charge in [0, 0.05) is 38.0 Å². The number of H-pyrrole nitrogens is 1. The van der Waals surface area contributed by atoms with Crippen molar-refractivity contribution in [1.29, 1.82) is 0 Å². The van der Waals surface area contributed by atoms with Crippen molar-refractivity contribution in [2.75, 3.05) is 13.2 Å². The number of aromatic nitrogens is 4. The second-order valence-electron chi connectivity index (χ2n) is 5.14. The third-order valence-corrected chi connectivity index (χ3v) is 3.59. The molecule has 0 radical (unpaired) electrons. The van der Waals surface area contributed by atoms with Gasteiger partial charge in [0.25, 0.3) is 5.56 Å². The Labute approximate surface area is 125 Å². The van der Waals surface area contributed by atoms with E-state index in [0.717, 1.165) is 6.42 Å². The Balaban J connectivity index is 1.94. The number of hydrogen-bond acceptors (Lipinski definition) is 5. The Morgan fingerprint density at radius 2 is 2.00 bits per heavy atom. The second kappa shape index (κ2) is 4.87. The molecule has 0 saturated heterocycles. The molecule has 112 valence electrons. The molecule has 1 aliphatic heterocycles. The Kier molecular flexibility index (Phi) is 2.85. The SMILES string of the molecule is Cn1ccnc1-c1nc2cc3c(cc2[nH]c1=O)OCCCO3. The van der Waals surface area contributed by atoms with Gasteiger partial charge in [0.2, 0.25) is 0 Å². The highest BCUT2D eigenvalue weighted by molar-refractivity contribution is 5.80. The maximum Gasteiger partial charge on any atom is 0.278 e. The van der Waals surface area contributed by atoms with E-state index < -0.39 is 0 Å². The molecule has 1 N–H and O–H groups in total. The maximum atomic E-state index is 12.3. The third-order valence-electron chi connectivity index (χ3n) is 3.59. The highest BCUT2D eigenvalue weighted by Gasteiger charge is 2.16. The van der Waals surface area contributed by atoms with Crippen LogP contribution in [-0.4, -0.2) is 32.7 Å². The molecule has 3 aromatic rings. The zero-order chi connectivity index (χ0) is 15.1. The molecule has 1 aliphatic rings. The first kappa shape index (κ1) is 12.9. The summed E-state index contributed by atoms with van der Waals surface area (Å²) in [4.78, 5) is 23.7. The fraction of sp³-hybridized carbons (Fsp3) is 0.267. The minimum Gasteiger partial charge on any atom is -0.489 e. The molecule has 0 bridgehead atoms. The molecule has 2 aromatic heterocycles. The van der Waals surface area contributed by atoms with Crippen molar-refractivity contribution >= 4 is 11.0 Å². The smallest absolute Gasteiger partial charge is 0.278 e. The number of nitrogens with one attached hydrogen (secondary N) is 1. The van der Waals surface area contributed by atoms with Gasteiger partial charge in [-0.15, -0.1) is 0 Å². The Hall–Kier alpha value is -2.83. The largest absolute Gasteiger partial charge is 0.489 e. The average Bonchev–Trinajstić information content (AvgIpc) is 2.79. The van der Waals surface area contributed by atoms with Crippen LogP contribution in [0.1, 0.15) is 6.42 Å². The molecule has 3 heterocycles. The molecule has 7 nitrogen and oxygen atoms in total. The summed E-state index contributed by atoms with van der Waals surface area (Å²) in [5, 5.41) is 0. The van der Waals surface area contributed by atoms with Crippen molar-refractivity contribution in [3.8, 4) is 23.0 Å². The van der Waals surface area contributed by atoms with Crippen molar-refractivity contribution in [3.05, 3.63) is 34.9 Å². The third kappa shape index (κ3) is 2.02. The van der Waals surface area contributed by atoms with Crippen LogP contribution in [-0.2, 0) is 7.05 Å². The summed E-state index contributed by atoms with van der Waals surface area (Å²) in [6, 6.07) is 3.55. The van der Waals surface area contributed by atoms with Gasteiger partial charge in [0.05, 0.1) is 24.2 Å². The molecular formula is C15H14N4O3. The van der Waals surface area contributed by atoms with Crippen LogP contribution in [0.15, 0.2) is 29.3 Å². The summed E-state index contributed by atoms with van der Waals surface area (Å²) in [7, 11) is 1.82. The Morgan fingerprint density at radius 1 is 1.23 bits per heavy atom. The number of aryl methyl sites for hydroxylation is 1. The van der Waals surface area contributed by atoms with Crippen LogP contribution in [0.5, 0.6) is 11.5 Å². The van der Waals surface area contributed by atoms with E-state index in [1.807, 2.05) is 7.05 Å². The van der Waals surface area contributed by atoms with Crippen molar-refractivity contribution in [3.63, 3.8) is 0 Å². The van der Waals surface area contributed by atoms with Gasteiger partial charge in [-0.25, -0.2) is 9.97 Å². The quantitative estimate of drug-likeness (QED) is 0.736. The zero-order valence-electron chi connectivity index (χ0n) is 12.0. The molecule has 22 heavy (non-hydrogen) atoms. The lowest BCUT2D eigenvalue weighted by molar-refractivity contribution is 0.297. The topological polar surface area (TPSA) is 82.0 Å². The first-order chi connectivity index (χ1) is 10.7. The summed E-state index contributed by atoms with van der Waals surface area (Å²) in [6.45, 7) is 1.20. The van der Waals surface area contributed by atoms with Gasteiger partial charge >= 0.3 is 0 Å². The number of rotatable bonds is 1. The van der Waals surface area contributed by atoms with Crippen LogP contribution < -0.4 is 15.0 Å². The molecule has 7 heteroatoms. The maximum absolute atomic E-state index is 12.3. The summed E-state index contributed by atoms with van der Waals surface area (Å²) in [5.74, 6) is 1.80. The van der Waals surface area contributed by atoms with Gasteiger partial charge in [-0.1, -0.05) is 0 Å². The van der Waals surface area contributed by atoms with E-state index in [-0.39, 0.29) is 11.3 Å². The predicted molar refractivity (Wildman–Crippen MR) is 80.2 cm³/mol. The van der Waals surface area contributed by atoms with Crippen LogP contribution in [0.25, 0.3) is 22.6 Å². The number of imidazole rings is 1. The number of aromatic amines is 1. The van der Waals surface area contributed by atoms with Crippen LogP contribution in [0, 0.1) is 0 Å². The Bertz CT molecular complexity index is 913. The van der Waals surface area contributed by atoms with E-state index in [0.29, 0.717) is 41.6 Å². The monoisotopic (exact) mass is 298 g/mol. The average molecular weight is 298 g/mol. The first-order valence-electron chi connectivity index (χ1n) is 7.04. The van der Waals surface area contributed by atoms with Crippen LogP contribution in [0.3, 0.4) is 0 Å². The fourth-order valence-electron chi connectivity index (χ4n) is 2.49. The first-order valence-corrected chi connectivity index (χ1v) is 7.04. The lowest BCUT2D eigenvalue weighted by Gasteiger charge is -2.09. The lowest BCUT2D eigenvalue weighted by atomic mass is 10.2. The number of benzene rings is 1. The van der Waals surface area contributed by atoms with Gasteiger partial charge in [0.15, 0.2) is 23.0 Å². The molecule has 0 saturated carbocycles. The van der Waals surface area contributed by atoms with E-state index in [4.69, 9.17) is 9.47 Å². The number of fused-ring (bicyclic) bond motifs is 2. The van der Waals surface area contributed by atoms with Crippen molar-refractivity contribution < 1.29 is 9.47 Å². The lowest BCUT2D eigenvalue weighted by Crippen LogP contribution is -2.14. The molecule has 0 spiro atoms. The van der Waals surface area contributed by atoms with Crippen LogP contribution in [0.2, 0.25) is 0 Å². The van der Waals surface area contributed by atoms with Crippen molar-refractivity contribution in [1.82, 2.24) is 19.5 Å². The van der Waals surface area contributed by atoms with E-state index in [2.05, 4.69) is 15.0 Å². The highest BCUT2D eigenvalue weighted by atomic mass is 16.5. The molecule has 0 amide bonds. The summed E-state index contributed by atoms with van der Waals surface area (Å²) in [6.07, 6.45) is 4.23. The molecule has 4 rings (SSSR count). The molecule has 0 aliphatic carbocycles. The van der Waals surface area contributed by atoms with E-state index in [9.17, 15) is 4.79 Å². The van der Waals surface area contributed by atoms with Gasteiger partial charge in [-0.05, 0) is 0 Å². The number of nitrogens with zero attached hydrogens (tertiary/aromatic N) is 3. The molecular weight excluding hydrogens is 284 g/mol. The minimum atomic E-state index is -0.281. The normalized spacial score (nSPS) is 14.0. The molecule has 1 aromatic carbocycles. The summed E-state index contributed by atoms with van der Waals surface area (Å²) < 4.78 is 13.0. The number of hydrogen-bond donors (Lipinski definition) is 1. The second-order valence-corrected chi connectivity index (χ2v) is 5.14.